The van der Waals surface area contributed by atoms with E-state index in [1.54, 1.807) is 5.57 Å². The van der Waals surface area contributed by atoms with Crippen LogP contribution in [-0.4, -0.2) is 8.07 Å². The van der Waals surface area contributed by atoms with Crippen LogP contribution in [0, 0.1) is 11.8 Å². The first-order valence-electron chi connectivity index (χ1n) is 5.12. The molecule has 2 atom stereocenters. The summed E-state index contributed by atoms with van der Waals surface area (Å²) in [7, 11) is -0.956. The van der Waals surface area contributed by atoms with E-state index >= 15 is 0 Å². The lowest BCUT2D eigenvalue weighted by atomic mass is 9.98. The van der Waals surface area contributed by atoms with Crippen LogP contribution in [0.2, 0.25) is 19.6 Å². The topological polar surface area (TPSA) is 0 Å². The molecule has 0 radical (unpaired) electrons. The van der Waals surface area contributed by atoms with Gasteiger partial charge < -0.3 is 0 Å². The maximum Gasteiger partial charge on any atom is 0.0686 e. The Balaban J connectivity index is 2.71. The van der Waals surface area contributed by atoms with Gasteiger partial charge in [0.05, 0.1) is 8.07 Å². The molecule has 0 nitrogen and oxygen atoms in total. The summed E-state index contributed by atoms with van der Waals surface area (Å²) in [4.78, 5) is 0. The molecular formula is C11H22Si. The van der Waals surface area contributed by atoms with Gasteiger partial charge in [0.15, 0.2) is 0 Å². The first-order chi connectivity index (χ1) is 5.40. The van der Waals surface area contributed by atoms with E-state index in [1.165, 1.54) is 12.8 Å². The highest BCUT2D eigenvalue weighted by Gasteiger charge is 2.25. The fourth-order valence-corrected chi connectivity index (χ4v) is 3.52. The zero-order chi connectivity index (χ0) is 9.35. The molecule has 0 spiro atoms. The summed E-state index contributed by atoms with van der Waals surface area (Å²) >= 11 is 0. The number of hydrogen-bond donors (Lipinski definition) is 0. The van der Waals surface area contributed by atoms with Crippen molar-refractivity contribution in [2.45, 2.75) is 46.3 Å². The third kappa shape index (κ3) is 2.48. The van der Waals surface area contributed by atoms with Gasteiger partial charge >= 0.3 is 0 Å². The number of rotatable bonds is 1. The van der Waals surface area contributed by atoms with Crippen LogP contribution >= 0.6 is 0 Å². The maximum atomic E-state index is 2.61. The Hall–Kier alpha value is -0.0431. The summed E-state index contributed by atoms with van der Waals surface area (Å²) in [5, 5.41) is 0. The molecule has 0 bridgehead atoms. The van der Waals surface area contributed by atoms with Gasteiger partial charge in [0.1, 0.15) is 0 Å². The van der Waals surface area contributed by atoms with Crippen LogP contribution < -0.4 is 0 Å². The molecule has 1 heteroatoms. The molecule has 1 fully saturated rings. The molecule has 0 heterocycles. The Kier molecular flexibility index (Phi) is 2.82. The van der Waals surface area contributed by atoms with E-state index in [9.17, 15) is 0 Å². The van der Waals surface area contributed by atoms with Crippen molar-refractivity contribution in [3.05, 3.63) is 11.3 Å². The second kappa shape index (κ2) is 3.37. The molecule has 0 saturated heterocycles. The third-order valence-corrected chi connectivity index (χ3v) is 4.18. The molecule has 0 N–H and O–H groups in total. The molecule has 12 heavy (non-hydrogen) atoms. The smallest absolute Gasteiger partial charge is 0.0686 e. The van der Waals surface area contributed by atoms with Crippen molar-refractivity contribution < 1.29 is 0 Å². The van der Waals surface area contributed by atoms with Gasteiger partial charge in [-0.2, -0.15) is 0 Å². The van der Waals surface area contributed by atoms with Crippen molar-refractivity contribution in [2.75, 3.05) is 0 Å². The second-order valence-electron chi connectivity index (χ2n) is 5.39. The SMILES string of the molecule is C[C@H]1CCC(=C[Si](C)(C)C)[C@@H]1C. The Morgan fingerprint density at radius 1 is 1.25 bits per heavy atom. The zero-order valence-electron chi connectivity index (χ0n) is 9.15. The molecule has 1 saturated carbocycles. The summed E-state index contributed by atoms with van der Waals surface area (Å²) in [5.74, 6) is 1.78. The summed E-state index contributed by atoms with van der Waals surface area (Å²) in [6.45, 7) is 12.1. The van der Waals surface area contributed by atoms with Crippen LogP contribution in [-0.2, 0) is 0 Å². The summed E-state index contributed by atoms with van der Waals surface area (Å²) in [6.07, 6.45) is 2.78. The molecule has 1 aliphatic rings. The van der Waals surface area contributed by atoms with Crippen LogP contribution in [0.1, 0.15) is 26.7 Å². The molecule has 0 aliphatic heterocycles. The van der Waals surface area contributed by atoms with Crippen LogP contribution in [0.25, 0.3) is 0 Å². The van der Waals surface area contributed by atoms with Gasteiger partial charge in [0.2, 0.25) is 0 Å². The highest BCUT2D eigenvalue weighted by atomic mass is 28.3. The van der Waals surface area contributed by atoms with Gasteiger partial charge in [-0.3, -0.25) is 0 Å². The minimum Gasteiger partial charge on any atom is -0.0955 e. The summed E-state index contributed by atoms with van der Waals surface area (Å²) < 4.78 is 0. The monoisotopic (exact) mass is 182 g/mol. The third-order valence-electron chi connectivity index (χ3n) is 2.95. The lowest BCUT2D eigenvalue weighted by molar-refractivity contribution is 0.493. The Labute approximate surface area is 78.1 Å². The average molecular weight is 182 g/mol. The molecule has 0 aromatic carbocycles. The van der Waals surface area contributed by atoms with Crippen molar-refractivity contribution in [3.63, 3.8) is 0 Å². The van der Waals surface area contributed by atoms with E-state index in [1.807, 2.05) is 0 Å². The lowest BCUT2D eigenvalue weighted by Gasteiger charge is -2.15. The Bertz CT molecular complexity index is 186. The minimum atomic E-state index is -0.956. The van der Waals surface area contributed by atoms with Gasteiger partial charge in [-0.1, -0.05) is 44.8 Å². The zero-order valence-corrected chi connectivity index (χ0v) is 10.1. The van der Waals surface area contributed by atoms with E-state index in [-0.39, 0.29) is 0 Å². The van der Waals surface area contributed by atoms with Crippen molar-refractivity contribution >= 4 is 8.07 Å². The number of hydrogen-bond acceptors (Lipinski definition) is 0. The normalized spacial score (nSPS) is 34.6. The Morgan fingerprint density at radius 3 is 2.17 bits per heavy atom. The summed E-state index contributed by atoms with van der Waals surface area (Å²) in [5.41, 5.74) is 4.36. The lowest BCUT2D eigenvalue weighted by Crippen LogP contribution is -2.17. The minimum absolute atomic E-state index is 0.858. The Morgan fingerprint density at radius 2 is 1.83 bits per heavy atom. The quantitative estimate of drug-likeness (QED) is 0.540. The fourth-order valence-electron chi connectivity index (χ4n) is 2.00. The van der Waals surface area contributed by atoms with Gasteiger partial charge in [0.25, 0.3) is 0 Å². The second-order valence-corrected chi connectivity index (χ2v) is 10.4. The first kappa shape index (κ1) is 10.0. The van der Waals surface area contributed by atoms with Crippen molar-refractivity contribution in [1.82, 2.24) is 0 Å². The van der Waals surface area contributed by atoms with E-state index in [0.717, 1.165) is 11.8 Å². The van der Waals surface area contributed by atoms with E-state index < -0.39 is 8.07 Å². The molecule has 1 aliphatic carbocycles. The highest BCUT2D eigenvalue weighted by Crippen LogP contribution is 2.36. The molecule has 0 aromatic heterocycles. The summed E-state index contributed by atoms with van der Waals surface area (Å²) in [6, 6.07) is 0. The molecular weight excluding hydrogens is 160 g/mol. The van der Waals surface area contributed by atoms with Crippen LogP contribution in [0.4, 0.5) is 0 Å². The number of allylic oxidation sites excluding steroid dienone is 1. The van der Waals surface area contributed by atoms with E-state index in [2.05, 4.69) is 39.2 Å². The molecule has 70 valence electrons. The van der Waals surface area contributed by atoms with Gasteiger partial charge in [-0.15, -0.1) is 0 Å². The molecule has 0 aromatic rings. The largest absolute Gasteiger partial charge is 0.0955 e. The van der Waals surface area contributed by atoms with Crippen molar-refractivity contribution in [3.8, 4) is 0 Å². The van der Waals surface area contributed by atoms with Gasteiger partial charge in [-0.05, 0) is 24.7 Å². The van der Waals surface area contributed by atoms with E-state index in [0.29, 0.717) is 0 Å². The highest BCUT2D eigenvalue weighted by molar-refractivity contribution is 6.81. The van der Waals surface area contributed by atoms with Gasteiger partial charge in [0, 0.05) is 0 Å². The predicted octanol–water partition coefficient (Wildman–Crippen LogP) is 3.86. The maximum absolute atomic E-state index is 2.61. The van der Waals surface area contributed by atoms with E-state index in [4.69, 9.17) is 0 Å². The van der Waals surface area contributed by atoms with Gasteiger partial charge in [-0.25, -0.2) is 0 Å². The molecule has 0 unspecified atom stereocenters. The van der Waals surface area contributed by atoms with Crippen molar-refractivity contribution in [1.29, 1.82) is 0 Å². The fraction of sp³-hybridized carbons (Fsp3) is 0.818. The first-order valence-corrected chi connectivity index (χ1v) is 8.69. The predicted molar refractivity (Wildman–Crippen MR) is 59.0 cm³/mol. The molecule has 0 amide bonds. The molecule has 1 rings (SSSR count). The van der Waals surface area contributed by atoms with Crippen LogP contribution in [0.3, 0.4) is 0 Å². The standard InChI is InChI=1S/C11H22Si/c1-9-6-7-11(10(9)2)8-12(3,4)5/h8-10H,6-7H2,1-5H3/t9-,10+/m0/s1. The van der Waals surface area contributed by atoms with Crippen molar-refractivity contribution in [2.24, 2.45) is 11.8 Å². The average Bonchev–Trinajstić information content (AvgIpc) is 2.16. The van der Waals surface area contributed by atoms with Crippen LogP contribution in [0.15, 0.2) is 11.3 Å². The van der Waals surface area contributed by atoms with Crippen LogP contribution in [0.5, 0.6) is 0 Å².